The number of hydrogen-bond acceptors (Lipinski definition) is 2. The first-order chi connectivity index (χ1) is 8.22. The molecule has 0 fully saturated rings. The van der Waals surface area contributed by atoms with Crippen LogP contribution in [-0.2, 0) is 11.2 Å². The van der Waals surface area contributed by atoms with Crippen LogP contribution in [0.3, 0.4) is 0 Å². The number of carbonyl (C=O) groups is 1. The summed E-state index contributed by atoms with van der Waals surface area (Å²) in [5.74, 6) is -0.186. The van der Waals surface area contributed by atoms with E-state index in [1.54, 1.807) is 4.90 Å². The molecule has 0 saturated heterocycles. The molecule has 0 aliphatic rings. The Morgan fingerprint density at radius 2 is 2.00 bits per heavy atom. The van der Waals surface area contributed by atoms with Crippen molar-refractivity contribution in [2.45, 2.75) is 20.3 Å². The molecular weight excluding hydrogens is 216 g/mol. The van der Waals surface area contributed by atoms with Crippen molar-refractivity contribution in [3.05, 3.63) is 40.3 Å². The largest absolute Gasteiger partial charge is 0.313 e. The van der Waals surface area contributed by atoms with Crippen LogP contribution in [0.2, 0.25) is 0 Å². The second-order valence-corrected chi connectivity index (χ2v) is 3.55. The van der Waals surface area contributed by atoms with E-state index in [4.69, 9.17) is 5.53 Å². The molecule has 0 aliphatic carbocycles. The van der Waals surface area contributed by atoms with Gasteiger partial charge in [-0.1, -0.05) is 24.2 Å². The molecular formula is C12H16N4O. The Kier molecular flexibility index (Phi) is 5.04. The predicted molar refractivity (Wildman–Crippen MR) is 67.9 cm³/mol. The number of carbonyl (C=O) groups excluding carboxylic acids is 1. The zero-order chi connectivity index (χ0) is 12.7. The van der Waals surface area contributed by atoms with E-state index < -0.39 is 0 Å². The molecule has 0 aromatic heterocycles. The van der Waals surface area contributed by atoms with Crippen LogP contribution in [0.1, 0.15) is 19.4 Å². The highest BCUT2D eigenvalue weighted by Gasteiger charge is 2.12. The second kappa shape index (κ2) is 6.55. The number of nitrogens with zero attached hydrogens (tertiary/aromatic N) is 4. The van der Waals surface area contributed by atoms with E-state index in [2.05, 4.69) is 16.9 Å². The maximum Gasteiger partial charge on any atom is 0.232 e. The Balaban J connectivity index is 2.84. The van der Waals surface area contributed by atoms with Crippen LogP contribution in [-0.4, -0.2) is 19.0 Å². The molecule has 1 aromatic rings. The first kappa shape index (κ1) is 13.1. The fourth-order valence-electron chi connectivity index (χ4n) is 1.59. The summed E-state index contributed by atoms with van der Waals surface area (Å²) in [7, 11) is 0. The third kappa shape index (κ3) is 3.50. The predicted octanol–water partition coefficient (Wildman–Crippen LogP) is 2.91. The fraction of sp³-hybridized carbons (Fsp3) is 0.417. The van der Waals surface area contributed by atoms with Crippen LogP contribution in [0.25, 0.3) is 10.4 Å². The lowest BCUT2D eigenvalue weighted by molar-refractivity contribution is -0.117. The molecule has 90 valence electrons. The molecule has 17 heavy (non-hydrogen) atoms. The minimum atomic E-state index is -0.186. The number of aryl methyl sites for hydroxylation is 1. The fourth-order valence-corrected chi connectivity index (χ4v) is 1.59. The number of amides is 1. The van der Waals surface area contributed by atoms with Crippen molar-refractivity contribution in [1.29, 1.82) is 0 Å². The van der Waals surface area contributed by atoms with Gasteiger partial charge in [0, 0.05) is 17.1 Å². The summed E-state index contributed by atoms with van der Waals surface area (Å²) in [5, 5.41) is 3.29. The van der Waals surface area contributed by atoms with Crippen molar-refractivity contribution in [1.82, 2.24) is 0 Å². The summed E-state index contributed by atoms with van der Waals surface area (Å²) in [4.78, 5) is 15.9. The zero-order valence-electron chi connectivity index (χ0n) is 10.1. The standard InChI is InChI=1S/C12H16N4O/c1-3-10-5-7-11(8-6-10)16(4-2)12(17)9-14-15-13/h5-8H,3-4,9H2,1-2H3. The number of benzene rings is 1. The highest BCUT2D eigenvalue weighted by molar-refractivity contribution is 5.94. The van der Waals surface area contributed by atoms with Crippen LogP contribution in [0, 0.1) is 0 Å². The molecule has 5 heteroatoms. The Hall–Kier alpha value is -2.00. The second-order valence-electron chi connectivity index (χ2n) is 3.55. The number of rotatable bonds is 5. The van der Waals surface area contributed by atoms with Crippen LogP contribution in [0.4, 0.5) is 5.69 Å². The summed E-state index contributed by atoms with van der Waals surface area (Å²) in [6.45, 7) is 4.40. The molecule has 0 N–H and O–H groups in total. The molecule has 0 aliphatic heterocycles. The zero-order valence-corrected chi connectivity index (χ0v) is 10.1. The molecule has 1 rings (SSSR count). The van der Waals surface area contributed by atoms with Crippen LogP contribution in [0.15, 0.2) is 29.4 Å². The maximum absolute atomic E-state index is 11.7. The van der Waals surface area contributed by atoms with Gasteiger partial charge < -0.3 is 4.90 Å². The summed E-state index contributed by atoms with van der Waals surface area (Å²) in [5.41, 5.74) is 10.3. The summed E-state index contributed by atoms with van der Waals surface area (Å²) in [6.07, 6.45) is 0.971. The Morgan fingerprint density at radius 3 is 2.47 bits per heavy atom. The van der Waals surface area contributed by atoms with E-state index in [1.807, 2.05) is 31.2 Å². The molecule has 0 heterocycles. The van der Waals surface area contributed by atoms with Crippen molar-refractivity contribution in [3.8, 4) is 0 Å². The number of hydrogen-bond donors (Lipinski definition) is 0. The van der Waals surface area contributed by atoms with Gasteiger partial charge in [0.1, 0.15) is 6.54 Å². The third-order valence-electron chi connectivity index (χ3n) is 2.54. The first-order valence-electron chi connectivity index (χ1n) is 5.63. The van der Waals surface area contributed by atoms with Crippen molar-refractivity contribution in [3.63, 3.8) is 0 Å². The molecule has 5 nitrogen and oxygen atoms in total. The van der Waals surface area contributed by atoms with Gasteiger partial charge in [-0.25, -0.2) is 0 Å². The van der Waals surface area contributed by atoms with Gasteiger partial charge in [-0.3, -0.25) is 4.79 Å². The van der Waals surface area contributed by atoms with Gasteiger partial charge in [0.05, 0.1) is 0 Å². The molecule has 1 amide bonds. The average Bonchev–Trinajstić information content (AvgIpc) is 2.38. The van der Waals surface area contributed by atoms with E-state index in [0.29, 0.717) is 6.54 Å². The van der Waals surface area contributed by atoms with E-state index in [-0.39, 0.29) is 12.5 Å². The molecule has 1 aromatic carbocycles. The van der Waals surface area contributed by atoms with Crippen molar-refractivity contribution < 1.29 is 4.79 Å². The highest BCUT2D eigenvalue weighted by atomic mass is 16.2. The van der Waals surface area contributed by atoms with Gasteiger partial charge in [0.2, 0.25) is 5.91 Å². The van der Waals surface area contributed by atoms with Crippen molar-refractivity contribution in [2.24, 2.45) is 5.11 Å². The van der Waals surface area contributed by atoms with E-state index in [0.717, 1.165) is 12.1 Å². The molecule has 0 bridgehead atoms. The third-order valence-corrected chi connectivity index (χ3v) is 2.54. The summed E-state index contributed by atoms with van der Waals surface area (Å²) in [6, 6.07) is 7.82. The minimum absolute atomic E-state index is 0.139. The Morgan fingerprint density at radius 1 is 1.35 bits per heavy atom. The van der Waals surface area contributed by atoms with Gasteiger partial charge in [-0.15, -0.1) is 0 Å². The van der Waals surface area contributed by atoms with Gasteiger partial charge in [-0.05, 0) is 36.6 Å². The monoisotopic (exact) mass is 232 g/mol. The summed E-state index contributed by atoms with van der Waals surface area (Å²) >= 11 is 0. The van der Waals surface area contributed by atoms with Crippen molar-refractivity contribution in [2.75, 3.05) is 18.0 Å². The Labute approximate surface area is 101 Å². The van der Waals surface area contributed by atoms with Gasteiger partial charge >= 0.3 is 0 Å². The van der Waals surface area contributed by atoms with E-state index in [1.165, 1.54) is 5.56 Å². The normalized spacial score (nSPS) is 9.53. The quantitative estimate of drug-likeness (QED) is 0.437. The van der Waals surface area contributed by atoms with Gasteiger partial charge in [-0.2, -0.15) is 0 Å². The lowest BCUT2D eigenvalue weighted by Gasteiger charge is -2.20. The number of azide groups is 1. The Bertz CT molecular complexity index is 421. The molecule has 0 radical (unpaired) electrons. The van der Waals surface area contributed by atoms with E-state index in [9.17, 15) is 4.79 Å². The average molecular weight is 232 g/mol. The summed E-state index contributed by atoms with van der Waals surface area (Å²) < 4.78 is 0. The smallest absolute Gasteiger partial charge is 0.232 e. The molecule has 0 spiro atoms. The minimum Gasteiger partial charge on any atom is -0.313 e. The highest BCUT2D eigenvalue weighted by Crippen LogP contribution is 2.15. The lowest BCUT2D eigenvalue weighted by atomic mass is 10.1. The van der Waals surface area contributed by atoms with Crippen LogP contribution in [0.5, 0.6) is 0 Å². The van der Waals surface area contributed by atoms with Gasteiger partial charge in [0.25, 0.3) is 0 Å². The van der Waals surface area contributed by atoms with E-state index >= 15 is 0 Å². The number of anilines is 1. The first-order valence-corrected chi connectivity index (χ1v) is 5.63. The van der Waals surface area contributed by atoms with Crippen LogP contribution >= 0.6 is 0 Å². The topological polar surface area (TPSA) is 69.1 Å². The molecule has 0 atom stereocenters. The van der Waals surface area contributed by atoms with Crippen LogP contribution < -0.4 is 4.90 Å². The molecule has 0 unspecified atom stereocenters. The van der Waals surface area contributed by atoms with Crippen molar-refractivity contribution >= 4 is 11.6 Å². The number of likely N-dealkylation sites (N-methyl/N-ethyl adjacent to an activating group) is 1. The maximum atomic E-state index is 11.7. The van der Waals surface area contributed by atoms with Gasteiger partial charge in [0.15, 0.2) is 0 Å². The SMILES string of the molecule is CCc1ccc(N(CC)C(=O)CN=[N+]=[N-])cc1. The lowest BCUT2D eigenvalue weighted by Crippen LogP contribution is -2.32. The molecule has 0 saturated carbocycles.